The molecular formula is C16H21NO4. The van der Waals surface area contributed by atoms with Crippen LogP contribution in [0.5, 0.6) is 5.75 Å². The van der Waals surface area contributed by atoms with Crippen molar-refractivity contribution in [2.24, 2.45) is 0 Å². The number of carboxylic acids is 1. The number of carbonyl (C=O) groups excluding carboxylic acids is 1. The zero-order valence-corrected chi connectivity index (χ0v) is 12.2. The number of piperidine rings is 1. The van der Waals surface area contributed by atoms with Crippen LogP contribution in [0, 0.1) is 0 Å². The van der Waals surface area contributed by atoms with Gasteiger partial charge >= 0.3 is 5.97 Å². The van der Waals surface area contributed by atoms with E-state index in [4.69, 9.17) is 4.74 Å². The molecular weight excluding hydrogens is 270 g/mol. The molecule has 0 bridgehead atoms. The Morgan fingerprint density at radius 1 is 1.38 bits per heavy atom. The van der Waals surface area contributed by atoms with Crippen LogP contribution in [0.25, 0.3) is 0 Å². The topological polar surface area (TPSA) is 66.8 Å². The van der Waals surface area contributed by atoms with Gasteiger partial charge in [0, 0.05) is 18.5 Å². The summed E-state index contributed by atoms with van der Waals surface area (Å²) in [4.78, 5) is 25.3. The Hall–Kier alpha value is -1.88. The molecule has 1 aromatic carbocycles. The van der Waals surface area contributed by atoms with Crippen molar-refractivity contribution in [1.29, 1.82) is 0 Å². The molecule has 0 radical (unpaired) electrons. The van der Waals surface area contributed by atoms with Crippen LogP contribution < -0.4 is 4.74 Å². The molecule has 1 fully saturated rings. The maximum atomic E-state index is 12.2. The van der Waals surface area contributed by atoms with Crippen LogP contribution in [0.15, 0.2) is 24.3 Å². The first-order valence-electron chi connectivity index (χ1n) is 7.26. The fraction of sp³-hybridized carbons (Fsp3) is 0.500. The molecule has 1 heterocycles. The van der Waals surface area contributed by atoms with E-state index in [2.05, 4.69) is 0 Å². The lowest BCUT2D eigenvalue weighted by atomic mass is 10.0. The van der Waals surface area contributed by atoms with E-state index in [0.717, 1.165) is 19.4 Å². The SMILES string of the molecule is COc1cccc(C(=O)CCN2CCCCC2C(=O)O)c1. The molecule has 0 amide bonds. The van der Waals surface area contributed by atoms with Gasteiger partial charge in [-0.25, -0.2) is 0 Å². The van der Waals surface area contributed by atoms with Gasteiger partial charge in [-0.15, -0.1) is 0 Å². The highest BCUT2D eigenvalue weighted by molar-refractivity contribution is 5.96. The molecule has 1 atom stereocenters. The van der Waals surface area contributed by atoms with Crippen LogP contribution >= 0.6 is 0 Å². The lowest BCUT2D eigenvalue weighted by Gasteiger charge is -2.32. The van der Waals surface area contributed by atoms with Crippen molar-refractivity contribution in [2.75, 3.05) is 20.2 Å². The van der Waals surface area contributed by atoms with E-state index in [1.54, 1.807) is 31.4 Å². The first-order chi connectivity index (χ1) is 10.1. The molecule has 0 aromatic heterocycles. The second-order valence-electron chi connectivity index (χ2n) is 5.29. The number of ketones is 1. The van der Waals surface area contributed by atoms with Crippen molar-refractivity contribution in [3.8, 4) is 5.75 Å². The molecule has 2 rings (SSSR count). The number of hydrogen-bond acceptors (Lipinski definition) is 4. The predicted octanol–water partition coefficient (Wildman–Crippen LogP) is 2.21. The number of aliphatic carboxylic acids is 1. The number of rotatable bonds is 6. The molecule has 1 aliphatic heterocycles. The minimum Gasteiger partial charge on any atom is -0.497 e. The maximum absolute atomic E-state index is 12.2. The van der Waals surface area contributed by atoms with E-state index in [1.807, 2.05) is 4.90 Å². The Labute approximate surface area is 124 Å². The molecule has 5 nitrogen and oxygen atoms in total. The summed E-state index contributed by atoms with van der Waals surface area (Å²) in [5.74, 6) is -0.116. The van der Waals surface area contributed by atoms with Crippen LogP contribution in [-0.2, 0) is 4.79 Å². The number of methoxy groups -OCH3 is 1. The van der Waals surface area contributed by atoms with E-state index in [0.29, 0.717) is 30.7 Å². The minimum atomic E-state index is -0.788. The molecule has 1 N–H and O–H groups in total. The standard InChI is InChI=1S/C16H21NO4/c1-21-13-6-4-5-12(11-13)15(18)8-10-17-9-3-2-7-14(17)16(19)20/h4-6,11,14H,2-3,7-10H2,1H3,(H,19,20). The Balaban J connectivity index is 1.94. The number of Topliss-reactive ketones (excluding diaryl/α,β-unsaturated/α-hetero) is 1. The fourth-order valence-electron chi connectivity index (χ4n) is 2.72. The fourth-order valence-corrected chi connectivity index (χ4v) is 2.72. The first kappa shape index (κ1) is 15.5. The molecule has 1 unspecified atom stereocenters. The van der Waals surface area contributed by atoms with E-state index in [1.165, 1.54) is 0 Å². The van der Waals surface area contributed by atoms with Crippen molar-refractivity contribution in [2.45, 2.75) is 31.7 Å². The lowest BCUT2D eigenvalue weighted by molar-refractivity contribution is -0.144. The monoisotopic (exact) mass is 291 g/mol. The average molecular weight is 291 g/mol. The Bertz CT molecular complexity index is 515. The summed E-state index contributed by atoms with van der Waals surface area (Å²) in [5.41, 5.74) is 0.609. The predicted molar refractivity (Wildman–Crippen MR) is 78.8 cm³/mol. The summed E-state index contributed by atoms with van der Waals surface area (Å²) in [6.07, 6.45) is 2.94. The normalized spacial score (nSPS) is 19.2. The van der Waals surface area contributed by atoms with Gasteiger partial charge < -0.3 is 9.84 Å². The molecule has 0 aliphatic carbocycles. The molecule has 1 aromatic rings. The summed E-state index contributed by atoms with van der Waals surface area (Å²) < 4.78 is 5.11. The molecule has 0 saturated carbocycles. The Morgan fingerprint density at radius 3 is 2.90 bits per heavy atom. The summed E-state index contributed by atoms with van der Waals surface area (Å²) >= 11 is 0. The number of hydrogen-bond donors (Lipinski definition) is 1. The number of benzene rings is 1. The Kier molecular flexibility index (Phi) is 5.33. The van der Waals surface area contributed by atoms with Gasteiger partial charge in [-0.05, 0) is 31.5 Å². The molecule has 5 heteroatoms. The molecule has 0 spiro atoms. The van der Waals surface area contributed by atoms with E-state index in [9.17, 15) is 14.7 Å². The van der Waals surface area contributed by atoms with Gasteiger partial charge in [0.05, 0.1) is 7.11 Å². The second-order valence-corrected chi connectivity index (χ2v) is 5.29. The van der Waals surface area contributed by atoms with E-state index < -0.39 is 12.0 Å². The van der Waals surface area contributed by atoms with Gasteiger partial charge in [0.15, 0.2) is 5.78 Å². The first-order valence-corrected chi connectivity index (χ1v) is 7.26. The zero-order chi connectivity index (χ0) is 15.2. The van der Waals surface area contributed by atoms with E-state index in [-0.39, 0.29) is 5.78 Å². The highest BCUT2D eigenvalue weighted by atomic mass is 16.5. The average Bonchev–Trinajstić information content (AvgIpc) is 2.52. The summed E-state index contributed by atoms with van der Waals surface area (Å²) in [7, 11) is 1.56. The van der Waals surface area contributed by atoms with Gasteiger partial charge in [-0.1, -0.05) is 18.6 Å². The molecule has 114 valence electrons. The quantitative estimate of drug-likeness (QED) is 0.814. The largest absolute Gasteiger partial charge is 0.497 e. The van der Waals surface area contributed by atoms with Gasteiger partial charge in [0.25, 0.3) is 0 Å². The molecule has 21 heavy (non-hydrogen) atoms. The summed E-state index contributed by atoms with van der Waals surface area (Å²) in [6, 6.07) is 6.61. The maximum Gasteiger partial charge on any atom is 0.320 e. The lowest BCUT2D eigenvalue weighted by Crippen LogP contribution is -2.45. The van der Waals surface area contributed by atoms with Gasteiger partial charge in [-0.3, -0.25) is 14.5 Å². The van der Waals surface area contributed by atoms with Gasteiger partial charge in [0.1, 0.15) is 11.8 Å². The summed E-state index contributed by atoms with van der Waals surface area (Å²) in [5, 5.41) is 9.22. The van der Waals surface area contributed by atoms with Crippen LogP contribution in [-0.4, -0.2) is 48.0 Å². The van der Waals surface area contributed by atoms with Gasteiger partial charge in [0.2, 0.25) is 0 Å². The van der Waals surface area contributed by atoms with Crippen molar-refractivity contribution >= 4 is 11.8 Å². The molecule has 1 aliphatic rings. The van der Waals surface area contributed by atoms with Crippen molar-refractivity contribution in [1.82, 2.24) is 4.90 Å². The summed E-state index contributed by atoms with van der Waals surface area (Å²) in [6.45, 7) is 1.25. The third-order valence-electron chi connectivity index (χ3n) is 3.92. The number of carboxylic acid groups (broad SMARTS) is 1. The van der Waals surface area contributed by atoms with Crippen LogP contribution in [0.1, 0.15) is 36.0 Å². The third-order valence-corrected chi connectivity index (χ3v) is 3.92. The van der Waals surface area contributed by atoms with Crippen molar-refractivity contribution in [3.05, 3.63) is 29.8 Å². The third kappa shape index (κ3) is 4.04. The number of ether oxygens (including phenoxy) is 1. The number of carbonyl (C=O) groups is 2. The van der Waals surface area contributed by atoms with Crippen molar-refractivity contribution in [3.63, 3.8) is 0 Å². The number of nitrogens with zero attached hydrogens (tertiary/aromatic N) is 1. The van der Waals surface area contributed by atoms with Crippen LogP contribution in [0.3, 0.4) is 0 Å². The number of likely N-dealkylation sites (tertiary alicyclic amines) is 1. The Morgan fingerprint density at radius 2 is 2.19 bits per heavy atom. The zero-order valence-electron chi connectivity index (χ0n) is 12.2. The van der Waals surface area contributed by atoms with Crippen LogP contribution in [0.2, 0.25) is 0 Å². The highest BCUT2D eigenvalue weighted by Gasteiger charge is 2.28. The van der Waals surface area contributed by atoms with Crippen molar-refractivity contribution < 1.29 is 19.4 Å². The highest BCUT2D eigenvalue weighted by Crippen LogP contribution is 2.19. The minimum absolute atomic E-state index is 0.0172. The van der Waals surface area contributed by atoms with Gasteiger partial charge in [-0.2, -0.15) is 0 Å². The van der Waals surface area contributed by atoms with E-state index >= 15 is 0 Å². The second kappa shape index (κ2) is 7.22. The smallest absolute Gasteiger partial charge is 0.320 e. The molecule has 1 saturated heterocycles. The van der Waals surface area contributed by atoms with Crippen LogP contribution in [0.4, 0.5) is 0 Å².